The fourth-order valence-corrected chi connectivity index (χ4v) is 5.18. The molecule has 1 aliphatic rings. The number of fused-ring (bicyclic) bond motifs is 1. The molecule has 0 bridgehead atoms. The van der Waals surface area contributed by atoms with Crippen LogP contribution in [0.1, 0.15) is 26.8 Å². The summed E-state index contributed by atoms with van der Waals surface area (Å²) in [5.74, 6) is 0.988. The van der Waals surface area contributed by atoms with Gasteiger partial charge in [-0.25, -0.2) is 0 Å². The minimum absolute atomic E-state index is 0.0478. The van der Waals surface area contributed by atoms with Crippen LogP contribution >= 0.6 is 22.9 Å². The number of hydrogen-bond acceptors (Lipinski definition) is 5. The van der Waals surface area contributed by atoms with Crippen LogP contribution in [0.3, 0.4) is 0 Å². The van der Waals surface area contributed by atoms with Gasteiger partial charge < -0.3 is 19.3 Å². The number of hydrogen-bond donors (Lipinski definition) is 0. The van der Waals surface area contributed by atoms with Crippen molar-refractivity contribution >= 4 is 34.8 Å². The van der Waals surface area contributed by atoms with E-state index in [2.05, 4.69) is 12.6 Å². The second-order valence-corrected chi connectivity index (χ2v) is 9.56. The Kier molecular flexibility index (Phi) is 8.10. The Morgan fingerprint density at radius 2 is 1.86 bits per heavy atom. The molecule has 6 nitrogen and oxygen atoms in total. The fourth-order valence-electron chi connectivity index (χ4n) is 4.13. The summed E-state index contributed by atoms with van der Waals surface area (Å²) >= 11 is 7.68. The lowest BCUT2D eigenvalue weighted by Crippen LogP contribution is -2.47. The van der Waals surface area contributed by atoms with Gasteiger partial charge in [-0.05, 0) is 72.0 Å². The number of amides is 2. The Bertz CT molecular complexity index is 1180. The van der Waals surface area contributed by atoms with Gasteiger partial charge in [0.2, 0.25) is 5.91 Å². The van der Waals surface area contributed by atoms with Gasteiger partial charge in [0, 0.05) is 28.6 Å². The van der Waals surface area contributed by atoms with Crippen LogP contribution in [0.2, 0.25) is 5.02 Å². The van der Waals surface area contributed by atoms with Crippen LogP contribution in [-0.4, -0.2) is 55.0 Å². The quantitative estimate of drug-likeness (QED) is 0.369. The van der Waals surface area contributed by atoms with Crippen LogP contribution in [0, 0.1) is 0 Å². The Balaban J connectivity index is 1.50. The summed E-state index contributed by atoms with van der Waals surface area (Å²) in [4.78, 5) is 31.3. The second kappa shape index (κ2) is 11.4. The lowest BCUT2D eigenvalue weighted by Gasteiger charge is -2.37. The molecule has 182 valence electrons. The number of thiophene rings is 1. The van der Waals surface area contributed by atoms with Crippen LogP contribution in [0.15, 0.2) is 72.6 Å². The molecule has 2 amide bonds. The van der Waals surface area contributed by atoms with Gasteiger partial charge in [-0.3, -0.25) is 9.59 Å². The van der Waals surface area contributed by atoms with Crippen LogP contribution in [-0.2, 0) is 11.2 Å². The molecule has 0 saturated heterocycles. The standard InChI is InChI=1S/C27H27ClN2O4S/c1-3-14-29(27(32)19-4-8-21(33-2)9-5-19)17-26(31)30-15-12-25-23(13-16-35-25)24(30)18-34-22-10-6-20(28)7-11-22/h3-11,13,16,24H,1,12,14-15,17-18H2,2H3/t24-/m1/s1. The number of benzene rings is 2. The van der Waals surface area contributed by atoms with E-state index in [0.717, 1.165) is 12.0 Å². The summed E-state index contributed by atoms with van der Waals surface area (Å²) < 4.78 is 11.2. The molecule has 0 radical (unpaired) electrons. The van der Waals surface area contributed by atoms with E-state index in [-0.39, 0.29) is 30.9 Å². The third-order valence-electron chi connectivity index (χ3n) is 5.94. The van der Waals surface area contributed by atoms with Gasteiger partial charge in [0.05, 0.1) is 13.2 Å². The topological polar surface area (TPSA) is 59.1 Å². The molecular formula is C27H27ClN2O4S. The molecule has 0 fully saturated rings. The maximum absolute atomic E-state index is 13.5. The highest BCUT2D eigenvalue weighted by atomic mass is 35.5. The Hall–Kier alpha value is -3.29. The monoisotopic (exact) mass is 510 g/mol. The minimum Gasteiger partial charge on any atom is -0.497 e. The smallest absolute Gasteiger partial charge is 0.254 e. The summed E-state index contributed by atoms with van der Waals surface area (Å²) in [7, 11) is 1.57. The molecule has 4 rings (SSSR count). The predicted octanol–water partition coefficient (Wildman–Crippen LogP) is 5.24. The van der Waals surface area contributed by atoms with Crippen molar-refractivity contribution in [3.05, 3.63) is 93.7 Å². The molecule has 1 atom stereocenters. The Morgan fingerprint density at radius 3 is 2.54 bits per heavy atom. The largest absolute Gasteiger partial charge is 0.497 e. The Morgan fingerprint density at radius 1 is 1.14 bits per heavy atom. The van der Waals surface area contributed by atoms with Crippen LogP contribution in [0.25, 0.3) is 0 Å². The molecule has 0 spiro atoms. The van der Waals surface area contributed by atoms with Crippen LogP contribution in [0.4, 0.5) is 0 Å². The van der Waals surface area contributed by atoms with E-state index in [1.807, 2.05) is 22.4 Å². The van der Waals surface area contributed by atoms with E-state index >= 15 is 0 Å². The molecular weight excluding hydrogens is 484 g/mol. The van der Waals surface area contributed by atoms with Crippen LogP contribution < -0.4 is 9.47 Å². The first-order valence-corrected chi connectivity index (χ1v) is 12.5. The van der Waals surface area contributed by atoms with E-state index in [9.17, 15) is 9.59 Å². The number of nitrogens with zero attached hydrogens (tertiary/aromatic N) is 2. The first-order valence-electron chi connectivity index (χ1n) is 11.3. The van der Waals surface area contributed by atoms with Gasteiger partial charge in [-0.1, -0.05) is 17.7 Å². The van der Waals surface area contributed by atoms with Crippen molar-refractivity contribution in [2.75, 3.05) is 33.4 Å². The first kappa shape index (κ1) is 24.8. The highest BCUT2D eigenvalue weighted by Crippen LogP contribution is 2.34. The predicted molar refractivity (Wildman–Crippen MR) is 139 cm³/mol. The average molecular weight is 511 g/mol. The van der Waals surface area contributed by atoms with Crippen molar-refractivity contribution < 1.29 is 19.1 Å². The molecule has 1 aromatic heterocycles. The number of rotatable bonds is 9. The summed E-state index contributed by atoms with van der Waals surface area (Å²) in [5, 5.41) is 2.68. The van der Waals surface area contributed by atoms with E-state index in [1.165, 1.54) is 9.78 Å². The molecule has 2 aromatic carbocycles. The minimum atomic E-state index is -0.241. The molecule has 0 N–H and O–H groups in total. The number of ether oxygens (including phenoxy) is 2. The van der Waals surface area contributed by atoms with E-state index in [1.54, 1.807) is 60.9 Å². The SMILES string of the molecule is C=CCN(CC(=O)N1CCc2sccc2[C@H]1COc1ccc(Cl)cc1)C(=O)c1ccc(OC)cc1. The second-order valence-electron chi connectivity index (χ2n) is 8.12. The number of halogens is 1. The lowest BCUT2D eigenvalue weighted by molar-refractivity contribution is -0.135. The zero-order chi connectivity index (χ0) is 24.8. The maximum Gasteiger partial charge on any atom is 0.254 e. The van der Waals surface area contributed by atoms with Gasteiger partial charge >= 0.3 is 0 Å². The van der Waals surface area contributed by atoms with Crippen molar-refractivity contribution in [2.24, 2.45) is 0 Å². The third-order valence-corrected chi connectivity index (χ3v) is 7.18. The number of methoxy groups -OCH3 is 1. The third kappa shape index (κ3) is 5.86. The van der Waals surface area contributed by atoms with E-state index < -0.39 is 0 Å². The molecule has 0 aliphatic carbocycles. The molecule has 8 heteroatoms. The van der Waals surface area contributed by atoms with Gasteiger partial charge in [-0.15, -0.1) is 17.9 Å². The highest BCUT2D eigenvalue weighted by Gasteiger charge is 2.33. The Labute approximate surface area is 214 Å². The van der Waals surface area contributed by atoms with Crippen molar-refractivity contribution in [1.82, 2.24) is 9.80 Å². The van der Waals surface area contributed by atoms with E-state index in [0.29, 0.717) is 35.2 Å². The first-order chi connectivity index (χ1) is 17.0. The molecule has 0 saturated carbocycles. The molecule has 2 heterocycles. The van der Waals surface area contributed by atoms with Crippen molar-refractivity contribution in [3.63, 3.8) is 0 Å². The highest BCUT2D eigenvalue weighted by molar-refractivity contribution is 7.10. The fraction of sp³-hybridized carbons (Fsp3) is 0.259. The van der Waals surface area contributed by atoms with Crippen molar-refractivity contribution in [3.8, 4) is 11.5 Å². The van der Waals surface area contributed by atoms with Crippen LogP contribution in [0.5, 0.6) is 11.5 Å². The van der Waals surface area contributed by atoms with Gasteiger partial charge in [0.1, 0.15) is 24.7 Å². The van der Waals surface area contributed by atoms with Gasteiger partial charge in [0.25, 0.3) is 5.91 Å². The summed E-state index contributed by atoms with van der Waals surface area (Å²) in [6.45, 7) is 4.86. The van der Waals surface area contributed by atoms with Gasteiger partial charge in [0.15, 0.2) is 0 Å². The maximum atomic E-state index is 13.5. The van der Waals surface area contributed by atoms with Crippen molar-refractivity contribution in [1.29, 1.82) is 0 Å². The summed E-state index contributed by atoms with van der Waals surface area (Å²) in [5.41, 5.74) is 1.59. The van der Waals surface area contributed by atoms with Crippen molar-refractivity contribution in [2.45, 2.75) is 12.5 Å². The molecule has 35 heavy (non-hydrogen) atoms. The normalized spacial score (nSPS) is 14.7. The lowest BCUT2D eigenvalue weighted by atomic mass is 10.0. The molecule has 0 unspecified atom stereocenters. The number of carbonyl (C=O) groups excluding carboxylic acids is 2. The molecule has 3 aromatic rings. The van der Waals surface area contributed by atoms with Gasteiger partial charge in [-0.2, -0.15) is 0 Å². The summed E-state index contributed by atoms with van der Waals surface area (Å²) in [6.07, 6.45) is 2.41. The molecule has 1 aliphatic heterocycles. The average Bonchev–Trinajstić information content (AvgIpc) is 3.37. The number of carbonyl (C=O) groups is 2. The van der Waals surface area contributed by atoms with E-state index in [4.69, 9.17) is 21.1 Å². The zero-order valence-electron chi connectivity index (χ0n) is 19.5. The zero-order valence-corrected chi connectivity index (χ0v) is 21.1. The summed E-state index contributed by atoms with van der Waals surface area (Å²) in [6, 6.07) is 15.8.